The first-order chi connectivity index (χ1) is 15.3. The lowest BCUT2D eigenvalue weighted by Gasteiger charge is -2.38. The van der Waals surface area contributed by atoms with Crippen molar-refractivity contribution in [1.82, 2.24) is 14.8 Å². The fraction of sp³-hybridized carbons (Fsp3) is 0.435. The van der Waals surface area contributed by atoms with E-state index in [1.165, 1.54) is 18.3 Å². The summed E-state index contributed by atoms with van der Waals surface area (Å²) in [5, 5.41) is 0. The number of likely N-dealkylation sites (tertiary alicyclic amines) is 1. The van der Waals surface area contributed by atoms with Crippen molar-refractivity contribution in [1.29, 1.82) is 0 Å². The Morgan fingerprint density at radius 2 is 1.78 bits per heavy atom. The van der Waals surface area contributed by atoms with Gasteiger partial charge in [-0.05, 0) is 37.5 Å². The van der Waals surface area contributed by atoms with E-state index in [0.29, 0.717) is 43.6 Å². The Balaban J connectivity index is 1.61. The van der Waals surface area contributed by atoms with Gasteiger partial charge in [-0.3, -0.25) is 9.59 Å². The molecule has 0 aliphatic carbocycles. The number of carbonyl (C=O) groups is 2. The summed E-state index contributed by atoms with van der Waals surface area (Å²) < 4.78 is 41.4. The number of carbonyl (C=O) groups excluding carboxylic acids is 2. The molecule has 0 unspecified atom stereocenters. The predicted molar refractivity (Wildman–Crippen MR) is 112 cm³/mol. The zero-order valence-corrected chi connectivity index (χ0v) is 17.8. The highest BCUT2D eigenvalue weighted by molar-refractivity contribution is 5.95. The molecule has 0 radical (unpaired) electrons. The van der Waals surface area contributed by atoms with Gasteiger partial charge in [-0.15, -0.1) is 0 Å². The lowest BCUT2D eigenvalue weighted by Crippen LogP contribution is -2.49. The summed E-state index contributed by atoms with van der Waals surface area (Å²) in [5.41, 5.74) is 0.937. The molecule has 0 spiro atoms. The van der Waals surface area contributed by atoms with Crippen LogP contribution in [0.5, 0.6) is 5.88 Å². The van der Waals surface area contributed by atoms with Gasteiger partial charge in [-0.25, -0.2) is 4.98 Å². The standard InChI is InChI=1S/C23H26F3N3O3/c1-2-12-29(22(31)18-8-9-20(27-15-18)32-16-23(24,25)26)19-10-13-28(14-11-19)21(30)17-6-4-3-5-7-17/h3-9,15,19H,2,10-14,16H2,1H3. The molecule has 2 amide bonds. The van der Waals surface area contributed by atoms with E-state index in [4.69, 9.17) is 0 Å². The molecular weight excluding hydrogens is 423 g/mol. The largest absolute Gasteiger partial charge is 0.468 e. The van der Waals surface area contributed by atoms with Gasteiger partial charge in [-0.1, -0.05) is 25.1 Å². The molecule has 172 valence electrons. The fourth-order valence-electron chi connectivity index (χ4n) is 3.75. The highest BCUT2D eigenvalue weighted by Crippen LogP contribution is 2.22. The fourth-order valence-corrected chi connectivity index (χ4v) is 3.75. The van der Waals surface area contributed by atoms with Gasteiger partial charge in [0.2, 0.25) is 5.88 Å². The minimum atomic E-state index is -4.45. The number of ether oxygens (including phenoxy) is 1. The Morgan fingerprint density at radius 1 is 1.09 bits per heavy atom. The molecule has 1 saturated heterocycles. The number of hydrogen-bond donors (Lipinski definition) is 0. The molecule has 2 aromatic rings. The molecule has 1 aromatic carbocycles. The first kappa shape index (κ1) is 23.6. The lowest BCUT2D eigenvalue weighted by atomic mass is 10.0. The van der Waals surface area contributed by atoms with Crippen LogP contribution in [0, 0.1) is 0 Å². The van der Waals surface area contributed by atoms with Crippen molar-refractivity contribution in [2.45, 2.75) is 38.4 Å². The van der Waals surface area contributed by atoms with E-state index in [-0.39, 0.29) is 23.7 Å². The zero-order valence-electron chi connectivity index (χ0n) is 17.8. The van der Waals surface area contributed by atoms with Crippen molar-refractivity contribution in [2.75, 3.05) is 26.2 Å². The summed E-state index contributed by atoms with van der Waals surface area (Å²) in [7, 11) is 0. The van der Waals surface area contributed by atoms with Gasteiger partial charge in [0.05, 0.1) is 5.56 Å². The SMILES string of the molecule is CCCN(C(=O)c1ccc(OCC(F)(F)F)nc1)C1CCN(C(=O)c2ccccc2)CC1. The van der Waals surface area contributed by atoms with Crippen molar-refractivity contribution in [2.24, 2.45) is 0 Å². The second kappa shape index (κ2) is 10.5. The van der Waals surface area contributed by atoms with Gasteiger partial charge in [0.25, 0.3) is 11.8 Å². The summed E-state index contributed by atoms with van der Waals surface area (Å²) in [6.07, 6.45) is -1.14. The third-order valence-electron chi connectivity index (χ3n) is 5.31. The van der Waals surface area contributed by atoms with Crippen LogP contribution in [0.25, 0.3) is 0 Å². The summed E-state index contributed by atoms with van der Waals surface area (Å²) in [5.74, 6) is -0.431. The number of hydrogen-bond acceptors (Lipinski definition) is 4. The Bertz CT molecular complexity index is 896. The van der Waals surface area contributed by atoms with Crippen molar-refractivity contribution in [3.05, 3.63) is 59.8 Å². The molecule has 9 heteroatoms. The Kier molecular flexibility index (Phi) is 7.71. The number of nitrogens with zero attached hydrogens (tertiary/aromatic N) is 3. The highest BCUT2D eigenvalue weighted by atomic mass is 19.4. The van der Waals surface area contributed by atoms with E-state index in [1.54, 1.807) is 21.9 Å². The maximum Gasteiger partial charge on any atom is 0.422 e. The first-order valence-corrected chi connectivity index (χ1v) is 10.6. The molecule has 32 heavy (non-hydrogen) atoms. The van der Waals surface area contributed by atoms with Crippen LogP contribution in [0.15, 0.2) is 48.7 Å². The monoisotopic (exact) mass is 449 g/mol. The van der Waals surface area contributed by atoms with Crippen LogP contribution in [0.4, 0.5) is 13.2 Å². The third-order valence-corrected chi connectivity index (χ3v) is 5.31. The number of amides is 2. The van der Waals surface area contributed by atoms with E-state index in [9.17, 15) is 22.8 Å². The number of piperidine rings is 1. The van der Waals surface area contributed by atoms with E-state index in [1.807, 2.05) is 25.1 Å². The number of aromatic nitrogens is 1. The number of pyridine rings is 1. The molecule has 3 rings (SSSR count). The second-order valence-electron chi connectivity index (χ2n) is 7.68. The normalized spacial score (nSPS) is 14.8. The van der Waals surface area contributed by atoms with E-state index < -0.39 is 12.8 Å². The maximum atomic E-state index is 13.1. The Hall–Kier alpha value is -3.10. The van der Waals surface area contributed by atoms with Crippen LogP contribution in [-0.4, -0.2) is 65.1 Å². The smallest absolute Gasteiger partial charge is 0.422 e. The molecule has 0 saturated carbocycles. The second-order valence-corrected chi connectivity index (χ2v) is 7.68. The summed E-state index contributed by atoms with van der Waals surface area (Å²) in [4.78, 5) is 33.2. The van der Waals surface area contributed by atoms with Crippen LogP contribution < -0.4 is 4.74 Å². The molecule has 1 aromatic heterocycles. The van der Waals surface area contributed by atoms with Crippen molar-refractivity contribution in [3.8, 4) is 5.88 Å². The molecule has 1 aliphatic rings. The Labute approximate surface area is 185 Å². The van der Waals surface area contributed by atoms with Gasteiger partial charge in [0, 0.05) is 43.5 Å². The van der Waals surface area contributed by atoms with Gasteiger partial charge in [0.15, 0.2) is 6.61 Å². The first-order valence-electron chi connectivity index (χ1n) is 10.6. The number of halogens is 3. The minimum Gasteiger partial charge on any atom is -0.468 e. The van der Waals surface area contributed by atoms with Gasteiger partial charge >= 0.3 is 6.18 Å². The zero-order chi connectivity index (χ0) is 23.1. The van der Waals surface area contributed by atoms with Crippen molar-refractivity contribution < 1.29 is 27.5 Å². The van der Waals surface area contributed by atoms with Crippen LogP contribution in [0.3, 0.4) is 0 Å². The molecule has 2 heterocycles. The predicted octanol–water partition coefficient (Wildman–Crippen LogP) is 4.18. The molecule has 1 aliphatic heterocycles. The van der Waals surface area contributed by atoms with Gasteiger partial charge in [0.1, 0.15) is 0 Å². The minimum absolute atomic E-state index is 0.0175. The maximum absolute atomic E-state index is 13.1. The topological polar surface area (TPSA) is 62.7 Å². The summed E-state index contributed by atoms with van der Waals surface area (Å²) in [6, 6.07) is 11.8. The Morgan fingerprint density at radius 3 is 2.34 bits per heavy atom. The average Bonchev–Trinajstić information content (AvgIpc) is 2.81. The molecule has 0 bridgehead atoms. The third kappa shape index (κ3) is 6.21. The molecular formula is C23H26F3N3O3. The van der Waals surface area contributed by atoms with Crippen LogP contribution in [0.2, 0.25) is 0 Å². The van der Waals surface area contributed by atoms with Crippen LogP contribution >= 0.6 is 0 Å². The van der Waals surface area contributed by atoms with Crippen molar-refractivity contribution in [3.63, 3.8) is 0 Å². The number of benzene rings is 1. The average molecular weight is 449 g/mol. The number of alkyl halides is 3. The van der Waals surface area contributed by atoms with Crippen molar-refractivity contribution >= 4 is 11.8 Å². The quantitative estimate of drug-likeness (QED) is 0.636. The van der Waals surface area contributed by atoms with Gasteiger partial charge < -0.3 is 14.5 Å². The van der Waals surface area contributed by atoms with Crippen LogP contribution in [-0.2, 0) is 0 Å². The van der Waals surface area contributed by atoms with E-state index in [2.05, 4.69) is 9.72 Å². The molecule has 0 N–H and O–H groups in total. The molecule has 6 nitrogen and oxygen atoms in total. The molecule has 1 fully saturated rings. The summed E-state index contributed by atoms with van der Waals surface area (Å²) >= 11 is 0. The van der Waals surface area contributed by atoms with Gasteiger partial charge in [-0.2, -0.15) is 13.2 Å². The highest BCUT2D eigenvalue weighted by Gasteiger charge is 2.31. The summed E-state index contributed by atoms with van der Waals surface area (Å²) in [6.45, 7) is 2.18. The number of rotatable bonds is 7. The van der Waals surface area contributed by atoms with E-state index in [0.717, 1.165) is 6.42 Å². The lowest BCUT2D eigenvalue weighted by molar-refractivity contribution is -0.154. The van der Waals surface area contributed by atoms with E-state index >= 15 is 0 Å². The van der Waals surface area contributed by atoms with Crippen LogP contribution in [0.1, 0.15) is 46.9 Å². The molecule has 0 atom stereocenters.